The molecule has 3 aromatic rings. The Hall–Kier alpha value is -4.29. The molecule has 0 atom stereocenters. The largest absolute Gasteiger partial charge is 0.497 e. The van der Waals surface area contributed by atoms with Crippen LogP contribution >= 0.6 is 0 Å². The minimum Gasteiger partial charge on any atom is -0.497 e. The highest BCUT2D eigenvalue weighted by molar-refractivity contribution is 5.70. The van der Waals surface area contributed by atoms with Crippen molar-refractivity contribution >= 4 is 0 Å². The van der Waals surface area contributed by atoms with Gasteiger partial charge in [0.2, 0.25) is 0 Å². The first-order valence-electron chi connectivity index (χ1n) is 9.85. The first-order valence-corrected chi connectivity index (χ1v) is 9.85. The van der Waals surface area contributed by atoms with Gasteiger partial charge in [0.05, 0.1) is 47.7 Å². The average molecular weight is 407 g/mol. The van der Waals surface area contributed by atoms with Gasteiger partial charge in [-0.1, -0.05) is 30.3 Å². The van der Waals surface area contributed by atoms with E-state index in [1.165, 1.54) is 0 Å². The Morgan fingerprint density at radius 1 is 0.968 bits per heavy atom. The summed E-state index contributed by atoms with van der Waals surface area (Å²) < 4.78 is 7.20. The second kappa shape index (κ2) is 8.22. The summed E-state index contributed by atoms with van der Waals surface area (Å²) in [5.41, 5.74) is 5.76. The van der Waals surface area contributed by atoms with Crippen LogP contribution in [0, 0.1) is 22.7 Å². The Bertz CT molecular complexity index is 1250. The number of benzene rings is 2. The highest BCUT2D eigenvalue weighted by Crippen LogP contribution is 2.42. The molecular formula is C25H21N5O. The predicted molar refractivity (Wildman–Crippen MR) is 118 cm³/mol. The highest BCUT2D eigenvalue weighted by atomic mass is 16.5. The summed E-state index contributed by atoms with van der Waals surface area (Å²) in [7, 11) is 1.62. The molecule has 0 saturated heterocycles. The third kappa shape index (κ3) is 3.56. The maximum absolute atomic E-state index is 9.93. The monoisotopic (exact) mass is 407 g/mol. The molecule has 1 aliphatic heterocycles. The molecule has 4 rings (SSSR count). The SMILES string of the molecule is COc1cccc(-c2nn(-c3ccccc3)cc2C2C(C#N)=C(C)NC(C)=C2C#N)c1. The van der Waals surface area contributed by atoms with Crippen molar-refractivity contribution in [2.24, 2.45) is 0 Å². The van der Waals surface area contributed by atoms with E-state index in [0.29, 0.717) is 22.6 Å². The summed E-state index contributed by atoms with van der Waals surface area (Å²) >= 11 is 0. The first kappa shape index (κ1) is 20.0. The fourth-order valence-electron chi connectivity index (χ4n) is 3.91. The number of dihydropyridines is 1. The number of ether oxygens (including phenoxy) is 1. The molecule has 0 aliphatic carbocycles. The van der Waals surface area contributed by atoms with Crippen molar-refractivity contribution < 1.29 is 4.74 Å². The molecule has 0 saturated carbocycles. The van der Waals surface area contributed by atoms with Crippen LogP contribution in [0.15, 0.2) is 83.3 Å². The van der Waals surface area contributed by atoms with Crippen molar-refractivity contribution in [3.8, 4) is 34.8 Å². The number of nitriles is 2. The smallest absolute Gasteiger partial charge is 0.119 e. The van der Waals surface area contributed by atoms with Gasteiger partial charge in [0.15, 0.2) is 0 Å². The lowest BCUT2D eigenvalue weighted by Crippen LogP contribution is -2.23. The van der Waals surface area contributed by atoms with Crippen LogP contribution in [0.4, 0.5) is 0 Å². The Labute approximate surface area is 181 Å². The van der Waals surface area contributed by atoms with Gasteiger partial charge in [-0.2, -0.15) is 15.6 Å². The molecular weight excluding hydrogens is 386 g/mol. The van der Waals surface area contributed by atoms with E-state index in [1.807, 2.05) is 74.6 Å². The van der Waals surface area contributed by atoms with Gasteiger partial charge in [-0.3, -0.25) is 0 Å². The molecule has 1 N–H and O–H groups in total. The third-order valence-corrected chi connectivity index (χ3v) is 5.42. The normalized spacial score (nSPS) is 14.1. The van der Waals surface area contributed by atoms with Crippen LogP contribution < -0.4 is 10.1 Å². The number of hydrogen-bond donors (Lipinski definition) is 1. The number of nitrogens with one attached hydrogen (secondary N) is 1. The first-order chi connectivity index (χ1) is 15.1. The summed E-state index contributed by atoms with van der Waals surface area (Å²) in [6, 6.07) is 22.0. The van der Waals surface area contributed by atoms with Crippen LogP contribution in [0.3, 0.4) is 0 Å². The number of rotatable bonds is 4. The molecule has 1 aromatic heterocycles. The van der Waals surface area contributed by atoms with Gasteiger partial charge in [0, 0.05) is 28.7 Å². The zero-order valence-electron chi connectivity index (χ0n) is 17.5. The number of allylic oxidation sites excluding steroid dienone is 4. The van der Waals surface area contributed by atoms with E-state index in [4.69, 9.17) is 9.84 Å². The maximum Gasteiger partial charge on any atom is 0.119 e. The lowest BCUT2D eigenvalue weighted by atomic mass is 9.81. The summed E-state index contributed by atoms with van der Waals surface area (Å²) in [6.45, 7) is 3.71. The van der Waals surface area contributed by atoms with Crippen molar-refractivity contribution in [3.05, 3.63) is 88.9 Å². The van der Waals surface area contributed by atoms with E-state index in [1.54, 1.807) is 11.8 Å². The van der Waals surface area contributed by atoms with Gasteiger partial charge in [-0.05, 0) is 38.1 Å². The van der Waals surface area contributed by atoms with E-state index >= 15 is 0 Å². The number of aromatic nitrogens is 2. The summed E-state index contributed by atoms with van der Waals surface area (Å²) in [5.74, 6) is 0.206. The van der Waals surface area contributed by atoms with Gasteiger partial charge < -0.3 is 10.1 Å². The maximum atomic E-state index is 9.93. The van der Waals surface area contributed by atoms with E-state index < -0.39 is 5.92 Å². The van der Waals surface area contributed by atoms with Crippen LogP contribution in [0.25, 0.3) is 16.9 Å². The molecule has 152 valence electrons. The van der Waals surface area contributed by atoms with Gasteiger partial charge >= 0.3 is 0 Å². The van der Waals surface area contributed by atoms with Gasteiger partial charge in [0.1, 0.15) is 5.75 Å². The lowest BCUT2D eigenvalue weighted by molar-refractivity contribution is 0.415. The summed E-state index contributed by atoms with van der Waals surface area (Å²) in [6.07, 6.45) is 1.91. The molecule has 0 bridgehead atoms. The topological polar surface area (TPSA) is 86.7 Å². The number of para-hydroxylation sites is 1. The Kier molecular flexibility index (Phi) is 5.30. The molecule has 6 nitrogen and oxygen atoms in total. The highest BCUT2D eigenvalue weighted by Gasteiger charge is 2.33. The lowest BCUT2D eigenvalue weighted by Gasteiger charge is -2.25. The van der Waals surface area contributed by atoms with E-state index in [2.05, 4.69) is 17.5 Å². The van der Waals surface area contributed by atoms with Gasteiger partial charge in [-0.25, -0.2) is 4.68 Å². The van der Waals surface area contributed by atoms with Crippen LogP contribution in [0.1, 0.15) is 25.3 Å². The molecule has 1 aliphatic rings. The van der Waals surface area contributed by atoms with Crippen molar-refractivity contribution in [1.82, 2.24) is 15.1 Å². The van der Waals surface area contributed by atoms with Crippen molar-refractivity contribution in [2.75, 3.05) is 7.11 Å². The molecule has 0 radical (unpaired) electrons. The fourth-order valence-corrected chi connectivity index (χ4v) is 3.91. The molecule has 0 unspecified atom stereocenters. The van der Waals surface area contributed by atoms with E-state index in [-0.39, 0.29) is 0 Å². The Balaban J connectivity index is 2.00. The van der Waals surface area contributed by atoms with Crippen molar-refractivity contribution in [1.29, 1.82) is 10.5 Å². The minimum atomic E-state index is -0.505. The zero-order chi connectivity index (χ0) is 22.0. The Morgan fingerprint density at radius 2 is 1.65 bits per heavy atom. The molecule has 0 fully saturated rings. The number of hydrogen-bond acceptors (Lipinski definition) is 5. The minimum absolute atomic E-state index is 0.505. The van der Waals surface area contributed by atoms with Gasteiger partial charge in [0.25, 0.3) is 0 Å². The van der Waals surface area contributed by atoms with E-state index in [9.17, 15) is 10.5 Å². The third-order valence-electron chi connectivity index (χ3n) is 5.42. The quantitative estimate of drug-likeness (QED) is 0.669. The molecule has 2 heterocycles. The predicted octanol–water partition coefficient (Wildman–Crippen LogP) is 4.83. The summed E-state index contributed by atoms with van der Waals surface area (Å²) in [5, 5.41) is 27.9. The second-order valence-electron chi connectivity index (χ2n) is 7.30. The van der Waals surface area contributed by atoms with Crippen molar-refractivity contribution in [3.63, 3.8) is 0 Å². The van der Waals surface area contributed by atoms with Crippen LogP contribution in [-0.2, 0) is 0 Å². The van der Waals surface area contributed by atoms with Crippen LogP contribution in [0.2, 0.25) is 0 Å². The zero-order valence-corrected chi connectivity index (χ0v) is 17.5. The second-order valence-corrected chi connectivity index (χ2v) is 7.30. The van der Waals surface area contributed by atoms with Gasteiger partial charge in [-0.15, -0.1) is 0 Å². The Morgan fingerprint density at radius 3 is 2.26 bits per heavy atom. The standard InChI is InChI=1S/C25H21N5O/c1-16-21(13-26)24(22(14-27)17(2)28-16)23-15-30(19-9-5-4-6-10-19)29-25(23)18-8-7-11-20(12-18)31-3/h4-12,15,24,28H,1-3H3. The molecule has 2 aromatic carbocycles. The van der Waals surface area contributed by atoms with Crippen LogP contribution in [0.5, 0.6) is 5.75 Å². The summed E-state index contributed by atoms with van der Waals surface area (Å²) in [4.78, 5) is 0. The fraction of sp³-hybridized carbons (Fsp3) is 0.160. The molecule has 0 amide bonds. The van der Waals surface area contributed by atoms with Crippen molar-refractivity contribution in [2.45, 2.75) is 19.8 Å². The number of nitrogens with zero attached hydrogens (tertiary/aromatic N) is 4. The van der Waals surface area contributed by atoms with Crippen LogP contribution in [-0.4, -0.2) is 16.9 Å². The molecule has 6 heteroatoms. The average Bonchev–Trinajstić information content (AvgIpc) is 3.24. The molecule has 31 heavy (non-hydrogen) atoms. The molecule has 0 spiro atoms. The van der Waals surface area contributed by atoms with E-state index in [0.717, 1.165) is 28.2 Å². The number of methoxy groups -OCH3 is 1.